The van der Waals surface area contributed by atoms with Crippen molar-refractivity contribution in [3.63, 3.8) is 0 Å². The summed E-state index contributed by atoms with van der Waals surface area (Å²) in [4.78, 5) is 14.6. The molecule has 0 aliphatic carbocycles. The van der Waals surface area contributed by atoms with Gasteiger partial charge in [0.05, 0.1) is 11.4 Å². The van der Waals surface area contributed by atoms with Crippen LogP contribution in [0.4, 0.5) is 0 Å². The Morgan fingerprint density at radius 1 is 0.933 bits per heavy atom. The van der Waals surface area contributed by atoms with Crippen molar-refractivity contribution in [3.05, 3.63) is 64.7 Å². The van der Waals surface area contributed by atoms with Crippen molar-refractivity contribution in [3.8, 4) is 0 Å². The highest BCUT2D eigenvalue weighted by Gasteiger charge is 2.29. The average Bonchev–Trinajstić information content (AvgIpc) is 2.72. The lowest BCUT2D eigenvalue weighted by Crippen LogP contribution is -2.51. The van der Waals surface area contributed by atoms with E-state index in [-0.39, 0.29) is 5.91 Å². The largest absolute Gasteiger partial charge is 0.355 e. The summed E-state index contributed by atoms with van der Waals surface area (Å²) in [6.45, 7) is 8.75. The van der Waals surface area contributed by atoms with Gasteiger partial charge in [-0.2, -0.15) is 4.31 Å². The number of nitrogens with one attached hydrogen (secondary N) is 1. The molecule has 30 heavy (non-hydrogen) atoms. The molecule has 2 aromatic rings. The van der Waals surface area contributed by atoms with Crippen molar-refractivity contribution in [2.24, 2.45) is 0 Å². The molecule has 162 valence electrons. The maximum Gasteiger partial charge on any atom is 0.243 e. The van der Waals surface area contributed by atoms with Gasteiger partial charge in [-0.15, -0.1) is 0 Å². The summed E-state index contributed by atoms with van der Waals surface area (Å²) >= 11 is 0. The first-order chi connectivity index (χ1) is 14.3. The first-order valence-electron chi connectivity index (χ1n) is 10.4. The Labute approximate surface area is 179 Å². The number of nitrogens with zero attached hydrogens (tertiary/aromatic N) is 2. The lowest BCUT2D eigenvalue weighted by Gasteiger charge is -2.33. The molecule has 0 bridgehead atoms. The van der Waals surface area contributed by atoms with Gasteiger partial charge in [0.2, 0.25) is 15.9 Å². The highest BCUT2D eigenvalue weighted by molar-refractivity contribution is 7.89. The first-order valence-corrected chi connectivity index (χ1v) is 11.8. The number of hydrogen-bond acceptors (Lipinski definition) is 4. The molecule has 0 atom stereocenters. The van der Waals surface area contributed by atoms with Crippen molar-refractivity contribution in [1.29, 1.82) is 0 Å². The monoisotopic (exact) mass is 429 g/mol. The molecule has 1 aliphatic heterocycles. The summed E-state index contributed by atoms with van der Waals surface area (Å²) in [5, 5.41) is 2.97. The molecule has 0 aromatic heterocycles. The molecule has 0 unspecified atom stereocenters. The van der Waals surface area contributed by atoms with Crippen molar-refractivity contribution < 1.29 is 13.2 Å². The second-order valence-electron chi connectivity index (χ2n) is 7.95. The van der Waals surface area contributed by atoms with Crippen LogP contribution in [0.15, 0.2) is 47.4 Å². The molecule has 2 aromatic carbocycles. The van der Waals surface area contributed by atoms with E-state index < -0.39 is 10.0 Å². The third kappa shape index (κ3) is 5.47. The van der Waals surface area contributed by atoms with Crippen LogP contribution in [0.25, 0.3) is 0 Å². The molecule has 1 N–H and O–H groups in total. The summed E-state index contributed by atoms with van der Waals surface area (Å²) in [7, 11) is -3.50. The van der Waals surface area contributed by atoms with E-state index in [2.05, 4.69) is 24.4 Å². The fourth-order valence-corrected chi connectivity index (χ4v) is 5.15. The predicted molar refractivity (Wildman–Crippen MR) is 119 cm³/mol. The van der Waals surface area contributed by atoms with Gasteiger partial charge in [0, 0.05) is 32.7 Å². The van der Waals surface area contributed by atoms with Gasteiger partial charge in [0.1, 0.15) is 0 Å². The Kier molecular flexibility index (Phi) is 7.28. The second-order valence-corrected chi connectivity index (χ2v) is 9.89. The standard InChI is InChI=1S/C23H31N3O3S/c1-18-8-9-22(16-20(18)3)30(28,29)26-14-12-25(13-15-26)17-23(27)24-11-10-21-7-5-4-6-19(21)2/h4-9,16H,10-15,17H2,1-3H3,(H,24,27). The van der Waals surface area contributed by atoms with Crippen LogP contribution in [-0.4, -0.2) is 62.8 Å². The molecule has 1 fully saturated rings. The highest BCUT2D eigenvalue weighted by Crippen LogP contribution is 2.20. The zero-order chi connectivity index (χ0) is 21.7. The quantitative estimate of drug-likeness (QED) is 0.733. The first kappa shape index (κ1) is 22.5. The van der Waals surface area contributed by atoms with Gasteiger partial charge >= 0.3 is 0 Å². The molecule has 6 nitrogen and oxygen atoms in total. The van der Waals surface area contributed by atoms with Crippen LogP contribution in [0.5, 0.6) is 0 Å². The summed E-state index contributed by atoms with van der Waals surface area (Å²) in [6, 6.07) is 13.4. The minimum atomic E-state index is -3.50. The Morgan fingerprint density at radius 3 is 2.30 bits per heavy atom. The number of rotatable bonds is 7. The van der Waals surface area contributed by atoms with E-state index in [1.165, 1.54) is 15.4 Å². The molecule has 1 saturated heterocycles. The Morgan fingerprint density at radius 2 is 1.63 bits per heavy atom. The number of aryl methyl sites for hydroxylation is 3. The predicted octanol–water partition coefficient (Wildman–Crippen LogP) is 2.28. The maximum absolute atomic E-state index is 12.9. The number of hydrogen-bond donors (Lipinski definition) is 1. The summed E-state index contributed by atoms with van der Waals surface area (Å²) < 4.78 is 27.3. The summed E-state index contributed by atoms with van der Waals surface area (Å²) in [6.07, 6.45) is 0.806. The number of amides is 1. The van der Waals surface area contributed by atoms with Crippen LogP contribution in [0.1, 0.15) is 22.3 Å². The number of carbonyl (C=O) groups is 1. The fraction of sp³-hybridized carbons (Fsp3) is 0.435. The van der Waals surface area contributed by atoms with E-state index >= 15 is 0 Å². The van der Waals surface area contributed by atoms with Crippen molar-refractivity contribution in [1.82, 2.24) is 14.5 Å². The van der Waals surface area contributed by atoms with Gasteiger partial charge in [-0.1, -0.05) is 30.3 Å². The van der Waals surface area contributed by atoms with Gasteiger partial charge < -0.3 is 5.32 Å². The van der Waals surface area contributed by atoms with Crippen LogP contribution in [-0.2, 0) is 21.2 Å². The highest BCUT2D eigenvalue weighted by atomic mass is 32.2. The SMILES string of the molecule is Cc1ccc(S(=O)(=O)N2CCN(CC(=O)NCCc3ccccc3C)CC2)cc1C. The topological polar surface area (TPSA) is 69.7 Å². The number of sulfonamides is 1. The third-order valence-electron chi connectivity index (χ3n) is 5.79. The molecular weight excluding hydrogens is 398 g/mol. The lowest BCUT2D eigenvalue weighted by molar-refractivity contribution is -0.122. The minimum absolute atomic E-state index is 0.0194. The normalized spacial score (nSPS) is 15.8. The molecule has 3 rings (SSSR count). The number of carbonyl (C=O) groups excluding carboxylic acids is 1. The van der Waals surface area contributed by atoms with E-state index in [9.17, 15) is 13.2 Å². The van der Waals surface area contributed by atoms with E-state index in [0.717, 1.165) is 17.5 Å². The third-order valence-corrected chi connectivity index (χ3v) is 7.69. The van der Waals surface area contributed by atoms with Crippen molar-refractivity contribution in [2.75, 3.05) is 39.3 Å². The second kappa shape index (κ2) is 9.73. The van der Waals surface area contributed by atoms with Crippen LogP contribution in [0.2, 0.25) is 0 Å². The van der Waals surface area contributed by atoms with Gasteiger partial charge in [0.15, 0.2) is 0 Å². The lowest BCUT2D eigenvalue weighted by atomic mass is 10.1. The van der Waals surface area contributed by atoms with Crippen molar-refractivity contribution in [2.45, 2.75) is 32.1 Å². The molecule has 1 heterocycles. The Hall–Kier alpha value is -2.22. The zero-order valence-corrected chi connectivity index (χ0v) is 18.8. The zero-order valence-electron chi connectivity index (χ0n) is 18.0. The Balaban J connectivity index is 1.46. The van der Waals surface area contributed by atoms with Crippen LogP contribution in [0.3, 0.4) is 0 Å². The smallest absolute Gasteiger partial charge is 0.243 e. The molecule has 1 aliphatic rings. The number of benzene rings is 2. The van der Waals surface area contributed by atoms with E-state index in [1.54, 1.807) is 12.1 Å². The molecular formula is C23H31N3O3S. The Bertz CT molecular complexity index is 997. The maximum atomic E-state index is 12.9. The minimum Gasteiger partial charge on any atom is -0.355 e. The number of piperazine rings is 1. The van der Waals surface area contributed by atoms with E-state index in [4.69, 9.17) is 0 Å². The molecule has 7 heteroatoms. The summed E-state index contributed by atoms with van der Waals surface area (Å²) in [5.74, 6) is -0.0194. The van der Waals surface area contributed by atoms with Gasteiger partial charge in [0.25, 0.3) is 0 Å². The van der Waals surface area contributed by atoms with E-state index in [0.29, 0.717) is 44.2 Å². The van der Waals surface area contributed by atoms with Crippen LogP contribution in [0, 0.1) is 20.8 Å². The van der Waals surface area contributed by atoms with E-state index in [1.807, 2.05) is 36.9 Å². The molecule has 0 radical (unpaired) electrons. The molecule has 0 saturated carbocycles. The molecule has 1 amide bonds. The van der Waals surface area contributed by atoms with Crippen LogP contribution >= 0.6 is 0 Å². The van der Waals surface area contributed by atoms with Crippen LogP contribution < -0.4 is 5.32 Å². The van der Waals surface area contributed by atoms with Gasteiger partial charge in [-0.05, 0) is 61.6 Å². The summed E-state index contributed by atoms with van der Waals surface area (Å²) in [5.41, 5.74) is 4.51. The van der Waals surface area contributed by atoms with Gasteiger partial charge in [-0.3, -0.25) is 9.69 Å². The van der Waals surface area contributed by atoms with Crippen molar-refractivity contribution >= 4 is 15.9 Å². The fourth-order valence-electron chi connectivity index (χ4n) is 3.64. The average molecular weight is 430 g/mol. The molecule has 0 spiro atoms. The van der Waals surface area contributed by atoms with Gasteiger partial charge in [-0.25, -0.2) is 8.42 Å².